The zero-order valence-electron chi connectivity index (χ0n) is 7.94. The number of hydrogen-bond donors (Lipinski definition) is 1. The zero-order chi connectivity index (χ0) is 9.52. The van der Waals surface area contributed by atoms with Gasteiger partial charge >= 0.3 is 0 Å². The first-order valence-corrected chi connectivity index (χ1v) is 5.26. The molecule has 74 valence electrons. The van der Waals surface area contributed by atoms with E-state index in [1.54, 1.807) is 6.20 Å². The summed E-state index contributed by atoms with van der Waals surface area (Å²) < 4.78 is 7.33. The molecule has 0 unspecified atom stereocenters. The summed E-state index contributed by atoms with van der Waals surface area (Å²) in [6.07, 6.45) is 5.83. The van der Waals surface area contributed by atoms with Gasteiger partial charge in [0.25, 0.3) is 0 Å². The Morgan fingerprint density at radius 1 is 1.54 bits per heavy atom. The maximum atomic E-state index is 5.47. The van der Waals surface area contributed by atoms with E-state index in [1.165, 1.54) is 0 Å². The van der Waals surface area contributed by atoms with Gasteiger partial charge in [-0.25, -0.2) is 0 Å². The van der Waals surface area contributed by atoms with Crippen molar-refractivity contribution < 1.29 is 4.74 Å². The second-order valence-electron chi connectivity index (χ2n) is 2.81. The van der Waals surface area contributed by atoms with E-state index in [1.807, 2.05) is 10.9 Å². The number of rotatable bonds is 6. The van der Waals surface area contributed by atoms with E-state index < -0.39 is 0 Å². The van der Waals surface area contributed by atoms with Gasteiger partial charge in [-0.15, -0.1) is 0 Å². The number of aryl methyl sites for hydroxylation is 1. The predicted octanol–water partition coefficient (Wildman–Crippen LogP) is 1.99. The summed E-state index contributed by atoms with van der Waals surface area (Å²) in [5.74, 6) is 1.79. The molecule has 0 amide bonds. The molecule has 13 heavy (non-hydrogen) atoms. The Bertz CT molecular complexity index is 237. The van der Waals surface area contributed by atoms with E-state index in [0.717, 1.165) is 37.5 Å². The summed E-state index contributed by atoms with van der Waals surface area (Å²) in [5, 5.41) is 4.11. The molecule has 0 atom stereocenters. The van der Waals surface area contributed by atoms with E-state index in [-0.39, 0.29) is 0 Å². The molecule has 4 heteroatoms. The highest BCUT2D eigenvalue weighted by Gasteiger charge is 1.96. The van der Waals surface area contributed by atoms with Gasteiger partial charge in [-0.3, -0.25) is 4.68 Å². The van der Waals surface area contributed by atoms with Crippen molar-refractivity contribution >= 4 is 12.6 Å². The molecular weight excluding hydrogens is 184 g/mol. The highest BCUT2D eigenvalue weighted by atomic mass is 32.1. The molecule has 0 saturated heterocycles. The third-order valence-electron chi connectivity index (χ3n) is 1.75. The summed E-state index contributed by atoms with van der Waals surface area (Å²) in [7, 11) is 0. The van der Waals surface area contributed by atoms with Crippen molar-refractivity contribution in [2.24, 2.45) is 0 Å². The Morgan fingerprint density at radius 3 is 3.00 bits per heavy atom. The van der Waals surface area contributed by atoms with Gasteiger partial charge in [0.2, 0.25) is 0 Å². The van der Waals surface area contributed by atoms with Gasteiger partial charge in [-0.2, -0.15) is 17.7 Å². The third kappa shape index (κ3) is 3.72. The van der Waals surface area contributed by atoms with Crippen LogP contribution in [-0.4, -0.2) is 22.1 Å². The molecule has 0 aliphatic rings. The van der Waals surface area contributed by atoms with E-state index in [9.17, 15) is 0 Å². The smallest absolute Gasteiger partial charge is 0.157 e. The van der Waals surface area contributed by atoms with Crippen molar-refractivity contribution in [1.82, 2.24) is 9.78 Å². The fourth-order valence-electron chi connectivity index (χ4n) is 0.996. The van der Waals surface area contributed by atoms with Gasteiger partial charge < -0.3 is 4.74 Å². The van der Waals surface area contributed by atoms with Crippen molar-refractivity contribution in [2.45, 2.75) is 26.3 Å². The molecule has 1 heterocycles. The molecule has 0 aliphatic carbocycles. The Balaban J connectivity index is 2.20. The SMILES string of the molecule is CCn1cc(OCCCCS)cn1. The summed E-state index contributed by atoms with van der Waals surface area (Å²) >= 11 is 4.13. The Morgan fingerprint density at radius 2 is 2.38 bits per heavy atom. The van der Waals surface area contributed by atoms with Crippen molar-refractivity contribution in [1.29, 1.82) is 0 Å². The minimum Gasteiger partial charge on any atom is -0.490 e. The largest absolute Gasteiger partial charge is 0.490 e. The second-order valence-corrected chi connectivity index (χ2v) is 3.26. The molecule has 0 aromatic carbocycles. The van der Waals surface area contributed by atoms with Crippen LogP contribution < -0.4 is 4.74 Å². The van der Waals surface area contributed by atoms with E-state index >= 15 is 0 Å². The van der Waals surface area contributed by atoms with Gasteiger partial charge in [0.1, 0.15) is 0 Å². The number of thiol groups is 1. The number of hydrogen-bond acceptors (Lipinski definition) is 3. The van der Waals surface area contributed by atoms with Crippen molar-refractivity contribution in [3.8, 4) is 5.75 Å². The molecule has 0 aliphatic heterocycles. The monoisotopic (exact) mass is 200 g/mol. The van der Waals surface area contributed by atoms with E-state index in [0.29, 0.717) is 0 Å². The van der Waals surface area contributed by atoms with Crippen LogP contribution in [0.1, 0.15) is 19.8 Å². The first-order chi connectivity index (χ1) is 6.36. The topological polar surface area (TPSA) is 27.1 Å². The van der Waals surface area contributed by atoms with Crippen molar-refractivity contribution in [2.75, 3.05) is 12.4 Å². The average Bonchev–Trinajstić information content (AvgIpc) is 2.60. The highest BCUT2D eigenvalue weighted by Crippen LogP contribution is 2.08. The van der Waals surface area contributed by atoms with Crippen LogP contribution in [0.25, 0.3) is 0 Å². The fraction of sp³-hybridized carbons (Fsp3) is 0.667. The molecule has 3 nitrogen and oxygen atoms in total. The van der Waals surface area contributed by atoms with Crippen LogP contribution in [0.15, 0.2) is 12.4 Å². The molecule has 1 aromatic heterocycles. The molecule has 0 spiro atoms. The minimum absolute atomic E-state index is 0.760. The van der Waals surface area contributed by atoms with Gasteiger partial charge in [-0.05, 0) is 25.5 Å². The normalized spacial score (nSPS) is 10.3. The number of unbranched alkanes of at least 4 members (excludes halogenated alkanes) is 1. The molecule has 0 saturated carbocycles. The first kappa shape index (κ1) is 10.4. The van der Waals surface area contributed by atoms with Crippen molar-refractivity contribution in [3.05, 3.63) is 12.4 Å². The van der Waals surface area contributed by atoms with Crippen LogP contribution in [-0.2, 0) is 6.54 Å². The lowest BCUT2D eigenvalue weighted by atomic mass is 10.4. The lowest BCUT2D eigenvalue weighted by molar-refractivity contribution is 0.309. The molecule has 1 aromatic rings. The Labute approximate surface area is 84.5 Å². The van der Waals surface area contributed by atoms with Gasteiger partial charge in [0.05, 0.1) is 19.0 Å². The second kappa shape index (κ2) is 5.91. The quantitative estimate of drug-likeness (QED) is 0.561. The third-order valence-corrected chi connectivity index (χ3v) is 2.07. The van der Waals surface area contributed by atoms with Crippen LogP contribution in [0.3, 0.4) is 0 Å². The Hall–Kier alpha value is -0.640. The van der Waals surface area contributed by atoms with Gasteiger partial charge in [0, 0.05) is 6.54 Å². The molecular formula is C9H16N2OS. The number of ether oxygens (including phenoxy) is 1. The summed E-state index contributed by atoms with van der Waals surface area (Å²) in [4.78, 5) is 0. The standard InChI is InChI=1S/C9H16N2OS/c1-2-11-8-9(7-10-11)12-5-3-4-6-13/h7-8,13H,2-6H2,1H3. The van der Waals surface area contributed by atoms with Gasteiger partial charge in [0.15, 0.2) is 5.75 Å². The lowest BCUT2D eigenvalue weighted by Crippen LogP contribution is -1.97. The predicted molar refractivity (Wildman–Crippen MR) is 56.5 cm³/mol. The molecule has 0 radical (unpaired) electrons. The van der Waals surface area contributed by atoms with Crippen LogP contribution in [0.2, 0.25) is 0 Å². The zero-order valence-corrected chi connectivity index (χ0v) is 8.83. The first-order valence-electron chi connectivity index (χ1n) is 4.63. The average molecular weight is 200 g/mol. The molecule has 0 bridgehead atoms. The fourth-order valence-corrected chi connectivity index (χ4v) is 1.22. The number of aromatic nitrogens is 2. The summed E-state index contributed by atoms with van der Waals surface area (Å²) in [5.41, 5.74) is 0. The van der Waals surface area contributed by atoms with Crippen LogP contribution >= 0.6 is 12.6 Å². The highest BCUT2D eigenvalue weighted by molar-refractivity contribution is 7.80. The Kier molecular flexibility index (Phi) is 4.75. The van der Waals surface area contributed by atoms with Crippen LogP contribution in [0.5, 0.6) is 5.75 Å². The summed E-state index contributed by atoms with van der Waals surface area (Å²) in [6.45, 7) is 3.70. The maximum Gasteiger partial charge on any atom is 0.157 e. The molecule has 1 rings (SSSR count). The van der Waals surface area contributed by atoms with E-state index in [2.05, 4.69) is 24.7 Å². The van der Waals surface area contributed by atoms with Crippen LogP contribution in [0, 0.1) is 0 Å². The van der Waals surface area contributed by atoms with Crippen LogP contribution in [0.4, 0.5) is 0 Å². The summed E-state index contributed by atoms with van der Waals surface area (Å²) in [6, 6.07) is 0. The minimum atomic E-state index is 0.760. The number of nitrogens with zero attached hydrogens (tertiary/aromatic N) is 2. The van der Waals surface area contributed by atoms with E-state index in [4.69, 9.17) is 4.74 Å². The lowest BCUT2D eigenvalue weighted by Gasteiger charge is -2.00. The van der Waals surface area contributed by atoms with Gasteiger partial charge in [-0.1, -0.05) is 0 Å². The molecule has 0 N–H and O–H groups in total. The molecule has 0 fully saturated rings. The maximum absolute atomic E-state index is 5.47. The van der Waals surface area contributed by atoms with Crippen molar-refractivity contribution in [3.63, 3.8) is 0 Å².